The fourth-order valence-corrected chi connectivity index (χ4v) is 2.44. The predicted octanol–water partition coefficient (Wildman–Crippen LogP) is 4.68. The van der Waals surface area contributed by atoms with Gasteiger partial charge in [0, 0.05) is 18.9 Å². The van der Waals surface area contributed by atoms with Gasteiger partial charge < -0.3 is 9.67 Å². The number of rotatable bonds is 5. The molecule has 0 aliphatic heterocycles. The van der Waals surface area contributed by atoms with Crippen LogP contribution < -0.4 is 0 Å². The third kappa shape index (κ3) is 3.53. The fourth-order valence-electron chi connectivity index (χ4n) is 2.06. The molecule has 1 unspecified atom stereocenters. The molecule has 2 nitrogen and oxygen atoms in total. The molecule has 0 spiro atoms. The number of hydrogen-bond acceptors (Lipinski definition) is 1. The Hall–Kier alpha value is -0.960. The molecule has 102 valence electrons. The minimum atomic E-state index is -0.388. The van der Waals surface area contributed by atoms with Crippen molar-refractivity contribution in [2.24, 2.45) is 0 Å². The van der Waals surface area contributed by atoms with Crippen molar-refractivity contribution in [2.75, 3.05) is 0 Å². The van der Waals surface area contributed by atoms with Crippen LogP contribution in [-0.4, -0.2) is 9.67 Å². The first-order valence-electron chi connectivity index (χ1n) is 6.38. The van der Waals surface area contributed by atoms with Gasteiger partial charge in [-0.25, -0.2) is 0 Å². The van der Waals surface area contributed by atoms with Crippen molar-refractivity contribution in [2.45, 2.75) is 32.4 Å². The van der Waals surface area contributed by atoms with Crippen molar-refractivity contribution < 1.29 is 5.11 Å². The van der Waals surface area contributed by atoms with Crippen molar-refractivity contribution >= 4 is 23.2 Å². The summed E-state index contributed by atoms with van der Waals surface area (Å²) in [5, 5.41) is 11.1. The van der Waals surface area contributed by atoms with Crippen LogP contribution >= 0.6 is 23.2 Å². The van der Waals surface area contributed by atoms with Crippen LogP contribution in [-0.2, 0) is 6.54 Å². The Balaban J connectivity index is 2.14. The van der Waals surface area contributed by atoms with Crippen LogP contribution in [0.1, 0.15) is 37.0 Å². The molecule has 2 rings (SSSR count). The van der Waals surface area contributed by atoms with E-state index in [2.05, 4.69) is 6.92 Å². The Morgan fingerprint density at radius 3 is 2.79 bits per heavy atom. The summed E-state index contributed by atoms with van der Waals surface area (Å²) in [6.07, 6.45) is 5.26. The van der Waals surface area contributed by atoms with Crippen molar-refractivity contribution in [1.82, 2.24) is 4.57 Å². The molecule has 0 amide bonds. The first-order valence-corrected chi connectivity index (χ1v) is 7.14. The van der Waals surface area contributed by atoms with Crippen LogP contribution in [0.2, 0.25) is 10.0 Å². The zero-order chi connectivity index (χ0) is 13.8. The van der Waals surface area contributed by atoms with E-state index in [9.17, 15) is 5.11 Å². The van der Waals surface area contributed by atoms with E-state index in [0.29, 0.717) is 16.6 Å². The molecule has 0 fully saturated rings. The molecule has 0 aliphatic rings. The summed E-state index contributed by atoms with van der Waals surface area (Å²) in [4.78, 5) is 0. The van der Waals surface area contributed by atoms with Crippen LogP contribution in [0.15, 0.2) is 36.7 Å². The van der Waals surface area contributed by atoms with Gasteiger partial charge in [0.15, 0.2) is 0 Å². The molecule has 1 heterocycles. The van der Waals surface area contributed by atoms with Gasteiger partial charge in [-0.2, -0.15) is 0 Å². The maximum absolute atomic E-state index is 9.94. The second-order valence-electron chi connectivity index (χ2n) is 4.63. The fraction of sp³-hybridized carbons (Fsp3) is 0.333. The normalized spacial score (nSPS) is 12.6. The summed E-state index contributed by atoms with van der Waals surface area (Å²) >= 11 is 12.2. The Kier molecular flexibility index (Phi) is 4.92. The lowest BCUT2D eigenvalue weighted by Crippen LogP contribution is -1.99. The second kappa shape index (κ2) is 6.47. The van der Waals surface area contributed by atoms with Gasteiger partial charge in [-0.05, 0) is 29.7 Å². The first kappa shape index (κ1) is 14.4. The molecular formula is C15H17Cl2NO. The van der Waals surface area contributed by atoms with Crippen LogP contribution in [0.3, 0.4) is 0 Å². The van der Waals surface area contributed by atoms with E-state index in [1.807, 2.05) is 35.2 Å². The number of halogens is 2. The molecular weight excluding hydrogens is 281 g/mol. The summed E-state index contributed by atoms with van der Waals surface area (Å²) in [6.45, 7) is 2.71. The van der Waals surface area contributed by atoms with Gasteiger partial charge in [-0.15, -0.1) is 0 Å². The van der Waals surface area contributed by atoms with Crippen LogP contribution in [0.25, 0.3) is 0 Å². The lowest BCUT2D eigenvalue weighted by atomic mass is 10.1. The SMILES string of the molecule is CCCC(O)c1ccn(Cc2cccc(Cl)c2Cl)c1. The molecule has 1 aromatic carbocycles. The number of benzene rings is 1. The van der Waals surface area contributed by atoms with Gasteiger partial charge in [-0.1, -0.05) is 48.7 Å². The molecule has 2 aromatic rings. The molecule has 0 radical (unpaired) electrons. The Labute approximate surface area is 123 Å². The Bertz CT molecular complexity index is 551. The quantitative estimate of drug-likeness (QED) is 0.852. The highest BCUT2D eigenvalue weighted by molar-refractivity contribution is 6.42. The second-order valence-corrected chi connectivity index (χ2v) is 5.42. The molecule has 0 aliphatic carbocycles. The van der Waals surface area contributed by atoms with Gasteiger partial charge in [0.2, 0.25) is 0 Å². The number of aliphatic hydroxyl groups is 1. The number of hydrogen-bond donors (Lipinski definition) is 1. The van der Waals surface area contributed by atoms with Crippen molar-refractivity contribution in [3.63, 3.8) is 0 Å². The van der Waals surface area contributed by atoms with Gasteiger partial charge in [0.25, 0.3) is 0 Å². The lowest BCUT2D eigenvalue weighted by Gasteiger charge is -2.08. The number of aromatic nitrogens is 1. The van der Waals surface area contributed by atoms with E-state index in [1.54, 1.807) is 6.07 Å². The van der Waals surface area contributed by atoms with Crippen LogP contribution in [0.5, 0.6) is 0 Å². The van der Waals surface area contributed by atoms with E-state index in [-0.39, 0.29) is 6.10 Å². The third-order valence-electron chi connectivity index (χ3n) is 3.10. The molecule has 4 heteroatoms. The predicted molar refractivity (Wildman–Crippen MR) is 79.9 cm³/mol. The maximum Gasteiger partial charge on any atom is 0.0804 e. The summed E-state index contributed by atoms with van der Waals surface area (Å²) in [5.41, 5.74) is 1.92. The molecule has 0 saturated heterocycles. The van der Waals surface area contributed by atoms with Gasteiger partial charge in [0.05, 0.1) is 16.1 Å². The van der Waals surface area contributed by atoms with E-state index in [4.69, 9.17) is 23.2 Å². The van der Waals surface area contributed by atoms with Gasteiger partial charge >= 0.3 is 0 Å². The maximum atomic E-state index is 9.94. The van der Waals surface area contributed by atoms with Gasteiger partial charge in [0.1, 0.15) is 0 Å². The summed E-state index contributed by atoms with van der Waals surface area (Å²) in [5.74, 6) is 0. The summed E-state index contributed by atoms with van der Waals surface area (Å²) < 4.78 is 2.01. The Morgan fingerprint density at radius 2 is 2.05 bits per heavy atom. The first-order chi connectivity index (χ1) is 9.11. The lowest BCUT2D eigenvalue weighted by molar-refractivity contribution is 0.166. The highest BCUT2D eigenvalue weighted by atomic mass is 35.5. The molecule has 0 bridgehead atoms. The Morgan fingerprint density at radius 1 is 1.26 bits per heavy atom. The number of nitrogens with zero attached hydrogens (tertiary/aromatic N) is 1. The molecule has 0 saturated carbocycles. The summed E-state index contributed by atoms with van der Waals surface area (Å²) in [7, 11) is 0. The van der Waals surface area contributed by atoms with Crippen LogP contribution in [0, 0.1) is 0 Å². The molecule has 1 aromatic heterocycles. The zero-order valence-corrected chi connectivity index (χ0v) is 12.3. The van der Waals surface area contributed by atoms with E-state index in [0.717, 1.165) is 24.0 Å². The number of aliphatic hydroxyl groups excluding tert-OH is 1. The minimum absolute atomic E-state index is 0.388. The standard InChI is InChI=1S/C15H17Cl2NO/c1-2-4-14(19)11-7-8-18(9-11)10-12-5-3-6-13(16)15(12)17/h3,5-9,14,19H,2,4,10H2,1H3. The van der Waals surface area contributed by atoms with E-state index >= 15 is 0 Å². The largest absolute Gasteiger partial charge is 0.388 e. The highest BCUT2D eigenvalue weighted by Gasteiger charge is 2.09. The van der Waals surface area contributed by atoms with Gasteiger partial charge in [-0.3, -0.25) is 0 Å². The van der Waals surface area contributed by atoms with E-state index in [1.165, 1.54) is 0 Å². The zero-order valence-electron chi connectivity index (χ0n) is 10.8. The minimum Gasteiger partial charge on any atom is -0.388 e. The van der Waals surface area contributed by atoms with Crippen LogP contribution in [0.4, 0.5) is 0 Å². The molecule has 1 atom stereocenters. The smallest absolute Gasteiger partial charge is 0.0804 e. The van der Waals surface area contributed by atoms with Crippen molar-refractivity contribution in [3.8, 4) is 0 Å². The van der Waals surface area contributed by atoms with Crippen molar-refractivity contribution in [1.29, 1.82) is 0 Å². The highest BCUT2D eigenvalue weighted by Crippen LogP contribution is 2.26. The topological polar surface area (TPSA) is 25.2 Å². The average Bonchev–Trinajstić information content (AvgIpc) is 2.84. The third-order valence-corrected chi connectivity index (χ3v) is 3.96. The van der Waals surface area contributed by atoms with E-state index < -0.39 is 0 Å². The monoisotopic (exact) mass is 297 g/mol. The molecule has 19 heavy (non-hydrogen) atoms. The average molecular weight is 298 g/mol. The summed E-state index contributed by atoms with van der Waals surface area (Å²) in [6, 6.07) is 7.56. The molecule has 1 N–H and O–H groups in total. The van der Waals surface area contributed by atoms with Crippen molar-refractivity contribution in [3.05, 3.63) is 57.8 Å².